The third-order valence-electron chi connectivity index (χ3n) is 4.94. The molecular weight excluding hydrogens is 370 g/mol. The van der Waals surface area contributed by atoms with E-state index in [1.807, 2.05) is 4.90 Å². The molecule has 9 heteroatoms. The summed E-state index contributed by atoms with van der Waals surface area (Å²) in [7, 11) is -3.61. The van der Waals surface area contributed by atoms with Gasteiger partial charge in [0.05, 0.1) is 18.1 Å². The highest BCUT2D eigenvalue weighted by atomic mass is 32.2. The summed E-state index contributed by atoms with van der Waals surface area (Å²) < 4.78 is 32.4. The molecule has 8 nitrogen and oxygen atoms in total. The SMILES string of the molecule is CC(=O)Nc1ccc(S(=O)(=O)N2CCC(C(=O)N3CCOCC3)CC2)cc1. The summed E-state index contributed by atoms with van der Waals surface area (Å²) in [4.78, 5) is 25.6. The molecule has 27 heavy (non-hydrogen) atoms. The Balaban J connectivity index is 1.60. The van der Waals surface area contributed by atoms with Crippen molar-refractivity contribution in [3.05, 3.63) is 24.3 Å². The summed E-state index contributed by atoms with van der Waals surface area (Å²) in [5.41, 5.74) is 0.552. The fraction of sp³-hybridized carbons (Fsp3) is 0.556. The summed E-state index contributed by atoms with van der Waals surface area (Å²) in [6, 6.07) is 6.13. The fourth-order valence-electron chi connectivity index (χ4n) is 3.45. The molecule has 1 aromatic carbocycles. The molecule has 0 aliphatic carbocycles. The van der Waals surface area contributed by atoms with Crippen molar-refractivity contribution in [2.45, 2.75) is 24.7 Å². The van der Waals surface area contributed by atoms with E-state index in [9.17, 15) is 18.0 Å². The van der Waals surface area contributed by atoms with Crippen LogP contribution in [0.3, 0.4) is 0 Å². The standard InChI is InChI=1S/C18H25N3O5S/c1-14(22)19-16-2-4-17(5-3-16)27(24,25)21-8-6-15(7-9-21)18(23)20-10-12-26-13-11-20/h2-5,15H,6-13H2,1H3,(H,19,22). The summed E-state index contributed by atoms with van der Waals surface area (Å²) in [5.74, 6) is -0.232. The number of hydrogen-bond acceptors (Lipinski definition) is 5. The molecule has 2 saturated heterocycles. The lowest BCUT2D eigenvalue weighted by molar-refractivity contribution is -0.140. The predicted octanol–water partition coefficient (Wildman–Crippen LogP) is 0.905. The first kappa shape index (κ1) is 19.8. The van der Waals surface area contributed by atoms with Crippen molar-refractivity contribution in [3.8, 4) is 0 Å². The number of morpholine rings is 1. The van der Waals surface area contributed by atoms with Crippen molar-refractivity contribution >= 4 is 27.5 Å². The van der Waals surface area contributed by atoms with Crippen LogP contribution in [0.2, 0.25) is 0 Å². The fourth-order valence-corrected chi connectivity index (χ4v) is 4.92. The Bertz CT molecular complexity index is 780. The maximum Gasteiger partial charge on any atom is 0.243 e. The van der Waals surface area contributed by atoms with Crippen LogP contribution < -0.4 is 5.32 Å². The molecule has 2 aliphatic rings. The Morgan fingerprint density at radius 1 is 1.04 bits per heavy atom. The van der Waals surface area contributed by atoms with E-state index in [4.69, 9.17) is 4.74 Å². The van der Waals surface area contributed by atoms with E-state index >= 15 is 0 Å². The first-order valence-electron chi connectivity index (χ1n) is 9.12. The maximum atomic E-state index is 12.8. The zero-order chi connectivity index (χ0) is 19.4. The number of carbonyl (C=O) groups excluding carboxylic acids is 2. The van der Waals surface area contributed by atoms with Gasteiger partial charge in [-0.1, -0.05) is 0 Å². The zero-order valence-corrected chi connectivity index (χ0v) is 16.2. The summed E-state index contributed by atoms with van der Waals surface area (Å²) in [5, 5.41) is 2.61. The van der Waals surface area contributed by atoms with Crippen LogP contribution in [0.4, 0.5) is 5.69 Å². The molecule has 2 amide bonds. The topological polar surface area (TPSA) is 96.0 Å². The van der Waals surface area contributed by atoms with Gasteiger partial charge in [0.15, 0.2) is 0 Å². The molecule has 0 radical (unpaired) electrons. The van der Waals surface area contributed by atoms with Crippen LogP contribution in [0.1, 0.15) is 19.8 Å². The van der Waals surface area contributed by atoms with Gasteiger partial charge in [-0.05, 0) is 37.1 Å². The van der Waals surface area contributed by atoms with Crippen molar-refractivity contribution in [3.63, 3.8) is 0 Å². The number of sulfonamides is 1. The Morgan fingerprint density at radius 3 is 2.19 bits per heavy atom. The van der Waals surface area contributed by atoms with E-state index < -0.39 is 10.0 Å². The van der Waals surface area contributed by atoms with E-state index in [2.05, 4.69) is 5.32 Å². The molecular formula is C18H25N3O5S. The van der Waals surface area contributed by atoms with Crippen LogP contribution in [-0.2, 0) is 24.3 Å². The van der Waals surface area contributed by atoms with Crippen LogP contribution in [-0.4, -0.2) is 68.8 Å². The molecule has 0 atom stereocenters. The molecule has 0 bridgehead atoms. The summed E-state index contributed by atoms with van der Waals surface area (Å²) in [6.45, 7) is 4.40. The number of anilines is 1. The number of rotatable bonds is 4. The van der Waals surface area contributed by atoms with Gasteiger partial charge >= 0.3 is 0 Å². The number of hydrogen-bond donors (Lipinski definition) is 1. The first-order valence-corrected chi connectivity index (χ1v) is 10.6. The first-order chi connectivity index (χ1) is 12.9. The average Bonchev–Trinajstić information content (AvgIpc) is 2.68. The quantitative estimate of drug-likeness (QED) is 0.817. The maximum absolute atomic E-state index is 12.8. The van der Waals surface area contributed by atoms with Gasteiger partial charge in [0.2, 0.25) is 21.8 Å². The van der Waals surface area contributed by atoms with Crippen molar-refractivity contribution in [2.75, 3.05) is 44.7 Å². The highest BCUT2D eigenvalue weighted by molar-refractivity contribution is 7.89. The van der Waals surface area contributed by atoms with Gasteiger partial charge in [-0.3, -0.25) is 9.59 Å². The van der Waals surface area contributed by atoms with Gasteiger partial charge in [0.25, 0.3) is 0 Å². The highest BCUT2D eigenvalue weighted by Crippen LogP contribution is 2.26. The Morgan fingerprint density at radius 2 is 1.63 bits per heavy atom. The van der Waals surface area contributed by atoms with E-state index in [1.165, 1.54) is 23.4 Å². The van der Waals surface area contributed by atoms with Gasteiger partial charge in [-0.2, -0.15) is 4.31 Å². The van der Waals surface area contributed by atoms with Gasteiger partial charge in [0, 0.05) is 44.7 Å². The Labute approximate surface area is 159 Å². The second-order valence-electron chi connectivity index (χ2n) is 6.82. The number of nitrogens with one attached hydrogen (secondary N) is 1. The van der Waals surface area contributed by atoms with Gasteiger partial charge in [-0.25, -0.2) is 8.42 Å². The molecule has 0 aromatic heterocycles. The molecule has 1 aromatic rings. The van der Waals surface area contributed by atoms with Gasteiger partial charge in [-0.15, -0.1) is 0 Å². The number of amides is 2. The molecule has 148 valence electrons. The Hall–Kier alpha value is -1.97. The second kappa shape index (κ2) is 8.37. The third kappa shape index (κ3) is 4.66. The lowest BCUT2D eigenvalue weighted by atomic mass is 9.96. The van der Waals surface area contributed by atoms with Crippen LogP contribution in [0, 0.1) is 5.92 Å². The van der Waals surface area contributed by atoms with Gasteiger partial charge in [0.1, 0.15) is 0 Å². The lowest BCUT2D eigenvalue weighted by Gasteiger charge is -2.35. The molecule has 2 heterocycles. The number of nitrogens with zero attached hydrogens (tertiary/aromatic N) is 2. The average molecular weight is 395 g/mol. The molecule has 3 rings (SSSR count). The highest BCUT2D eigenvalue weighted by Gasteiger charge is 2.34. The number of piperidine rings is 1. The lowest BCUT2D eigenvalue weighted by Crippen LogP contribution is -2.47. The minimum atomic E-state index is -3.61. The molecule has 0 saturated carbocycles. The molecule has 0 spiro atoms. The number of carbonyl (C=O) groups is 2. The third-order valence-corrected chi connectivity index (χ3v) is 6.85. The molecule has 1 N–H and O–H groups in total. The summed E-state index contributed by atoms with van der Waals surface area (Å²) in [6.07, 6.45) is 1.05. The monoisotopic (exact) mass is 395 g/mol. The smallest absolute Gasteiger partial charge is 0.243 e. The van der Waals surface area contributed by atoms with Crippen LogP contribution >= 0.6 is 0 Å². The largest absolute Gasteiger partial charge is 0.378 e. The molecule has 2 aliphatic heterocycles. The Kier molecular flexibility index (Phi) is 6.13. The van der Waals surface area contributed by atoms with E-state index in [1.54, 1.807) is 12.1 Å². The molecule has 0 unspecified atom stereocenters. The van der Waals surface area contributed by atoms with Crippen molar-refractivity contribution in [1.82, 2.24) is 9.21 Å². The van der Waals surface area contributed by atoms with E-state index in [0.717, 1.165) is 0 Å². The van der Waals surface area contributed by atoms with Gasteiger partial charge < -0.3 is 15.0 Å². The van der Waals surface area contributed by atoms with E-state index in [0.29, 0.717) is 57.9 Å². The number of ether oxygens (including phenoxy) is 1. The minimum Gasteiger partial charge on any atom is -0.378 e. The van der Waals surface area contributed by atoms with E-state index in [-0.39, 0.29) is 22.6 Å². The zero-order valence-electron chi connectivity index (χ0n) is 15.4. The number of benzene rings is 1. The van der Waals surface area contributed by atoms with Crippen LogP contribution in [0.5, 0.6) is 0 Å². The van der Waals surface area contributed by atoms with Crippen LogP contribution in [0.25, 0.3) is 0 Å². The van der Waals surface area contributed by atoms with Crippen molar-refractivity contribution in [2.24, 2.45) is 5.92 Å². The van der Waals surface area contributed by atoms with Crippen molar-refractivity contribution in [1.29, 1.82) is 0 Å². The normalized spacial score (nSPS) is 19.7. The summed E-state index contributed by atoms with van der Waals surface area (Å²) >= 11 is 0. The minimum absolute atomic E-state index is 0.106. The second-order valence-corrected chi connectivity index (χ2v) is 8.76. The van der Waals surface area contributed by atoms with Crippen LogP contribution in [0.15, 0.2) is 29.2 Å². The van der Waals surface area contributed by atoms with Crippen molar-refractivity contribution < 1.29 is 22.7 Å². The molecule has 2 fully saturated rings. The predicted molar refractivity (Wildman–Crippen MR) is 99.6 cm³/mol.